The Labute approximate surface area is 173 Å². The molecule has 0 heterocycles. The maximum Gasteiger partial charge on any atom is 0.170 e. The van der Waals surface area contributed by atoms with Crippen molar-refractivity contribution in [2.24, 2.45) is 5.73 Å². The smallest absolute Gasteiger partial charge is 0.170 e. The second-order valence-corrected chi connectivity index (χ2v) is 8.34. The Bertz CT molecular complexity index is 515. The summed E-state index contributed by atoms with van der Waals surface area (Å²) < 4.78 is 0. The van der Waals surface area contributed by atoms with Crippen LogP contribution in [0.2, 0.25) is 0 Å². The molecule has 0 saturated carbocycles. The Hall–Kier alpha value is -1.19. The fourth-order valence-corrected chi connectivity index (χ4v) is 3.86. The molecule has 0 radical (unpaired) electrons. The number of hydrogen-bond acceptors (Lipinski definition) is 3. The van der Waals surface area contributed by atoms with Crippen LogP contribution in [0.5, 0.6) is 0 Å². The third-order valence-corrected chi connectivity index (χ3v) is 5.81. The van der Waals surface area contributed by atoms with E-state index in [1.807, 2.05) is 18.2 Å². The first-order valence-electron chi connectivity index (χ1n) is 11.6. The van der Waals surface area contributed by atoms with Gasteiger partial charge in [0.15, 0.2) is 11.4 Å². The largest absolute Gasteiger partial charge is 0.376 e. The lowest BCUT2D eigenvalue weighted by Crippen LogP contribution is -2.49. The SMILES string of the molecule is CCCCCCCCCCCCCCCC(=O)C(O)(c1ccccc1)C(C)N. The van der Waals surface area contributed by atoms with Crippen LogP contribution in [0.3, 0.4) is 0 Å². The van der Waals surface area contributed by atoms with E-state index in [1.165, 1.54) is 70.6 Å². The van der Waals surface area contributed by atoms with Gasteiger partial charge in [-0.3, -0.25) is 4.79 Å². The minimum absolute atomic E-state index is 0.156. The number of carbonyl (C=O) groups excluding carboxylic acids is 1. The molecule has 3 N–H and O–H groups in total. The van der Waals surface area contributed by atoms with Crippen molar-refractivity contribution in [1.29, 1.82) is 0 Å². The van der Waals surface area contributed by atoms with Crippen LogP contribution in [0.15, 0.2) is 30.3 Å². The van der Waals surface area contributed by atoms with Gasteiger partial charge in [-0.2, -0.15) is 0 Å². The summed E-state index contributed by atoms with van der Waals surface area (Å²) in [6, 6.07) is 8.49. The van der Waals surface area contributed by atoms with Crippen molar-refractivity contribution in [3.05, 3.63) is 35.9 Å². The van der Waals surface area contributed by atoms with Crippen molar-refractivity contribution in [1.82, 2.24) is 0 Å². The highest BCUT2D eigenvalue weighted by molar-refractivity contribution is 5.89. The van der Waals surface area contributed by atoms with Gasteiger partial charge in [0.2, 0.25) is 0 Å². The predicted molar refractivity (Wildman–Crippen MR) is 119 cm³/mol. The normalized spacial score (nSPS) is 14.6. The number of rotatable bonds is 17. The van der Waals surface area contributed by atoms with Gasteiger partial charge in [-0.1, -0.05) is 114 Å². The van der Waals surface area contributed by atoms with Gasteiger partial charge in [-0.05, 0) is 18.9 Å². The van der Waals surface area contributed by atoms with E-state index in [9.17, 15) is 9.90 Å². The molecule has 0 bridgehead atoms. The lowest BCUT2D eigenvalue weighted by molar-refractivity contribution is -0.140. The summed E-state index contributed by atoms with van der Waals surface area (Å²) in [5, 5.41) is 10.9. The molecule has 2 unspecified atom stereocenters. The Morgan fingerprint density at radius 1 is 0.857 bits per heavy atom. The Morgan fingerprint density at radius 2 is 1.29 bits per heavy atom. The Balaban J connectivity index is 2.13. The number of ketones is 1. The quantitative estimate of drug-likeness (QED) is 0.309. The van der Waals surface area contributed by atoms with E-state index in [0.717, 1.165) is 12.8 Å². The van der Waals surface area contributed by atoms with E-state index in [1.54, 1.807) is 19.1 Å². The number of nitrogens with two attached hydrogens (primary N) is 1. The van der Waals surface area contributed by atoms with Crippen LogP contribution >= 0.6 is 0 Å². The molecule has 1 rings (SSSR count). The number of hydrogen-bond donors (Lipinski definition) is 2. The molecule has 0 aliphatic carbocycles. The number of unbranched alkanes of at least 4 members (excludes halogenated alkanes) is 12. The number of benzene rings is 1. The van der Waals surface area contributed by atoms with Crippen LogP contribution in [0.1, 0.15) is 109 Å². The van der Waals surface area contributed by atoms with Gasteiger partial charge in [-0.25, -0.2) is 0 Å². The maximum atomic E-state index is 12.7. The number of carbonyl (C=O) groups is 1. The van der Waals surface area contributed by atoms with Crippen molar-refractivity contribution in [2.45, 2.75) is 115 Å². The molecular weight excluding hydrogens is 346 g/mol. The van der Waals surface area contributed by atoms with Crippen molar-refractivity contribution in [3.8, 4) is 0 Å². The van der Waals surface area contributed by atoms with E-state index in [-0.39, 0.29) is 5.78 Å². The molecule has 160 valence electrons. The number of Topliss-reactive ketones (excluding diaryl/α,β-unsaturated/α-hetero) is 1. The molecule has 0 aliphatic heterocycles. The fourth-order valence-electron chi connectivity index (χ4n) is 3.86. The van der Waals surface area contributed by atoms with E-state index < -0.39 is 11.6 Å². The topological polar surface area (TPSA) is 63.3 Å². The molecule has 3 nitrogen and oxygen atoms in total. The molecule has 1 aromatic rings. The molecule has 0 spiro atoms. The first-order chi connectivity index (χ1) is 13.5. The van der Waals surface area contributed by atoms with Gasteiger partial charge in [0, 0.05) is 12.5 Å². The molecule has 0 aromatic heterocycles. The van der Waals surface area contributed by atoms with Gasteiger partial charge in [0.25, 0.3) is 0 Å². The van der Waals surface area contributed by atoms with Crippen LogP contribution in [0.4, 0.5) is 0 Å². The van der Waals surface area contributed by atoms with Crippen molar-refractivity contribution >= 4 is 5.78 Å². The monoisotopic (exact) mass is 389 g/mol. The lowest BCUT2D eigenvalue weighted by Gasteiger charge is -2.31. The van der Waals surface area contributed by atoms with Crippen molar-refractivity contribution in [3.63, 3.8) is 0 Å². The summed E-state index contributed by atoms with van der Waals surface area (Å²) in [6.07, 6.45) is 17.0. The van der Waals surface area contributed by atoms with E-state index >= 15 is 0 Å². The molecule has 0 saturated heterocycles. The minimum Gasteiger partial charge on any atom is -0.376 e. The zero-order valence-corrected chi connectivity index (χ0v) is 18.3. The van der Waals surface area contributed by atoms with Crippen molar-refractivity contribution < 1.29 is 9.90 Å². The fraction of sp³-hybridized carbons (Fsp3) is 0.720. The molecule has 1 aromatic carbocycles. The van der Waals surface area contributed by atoms with Gasteiger partial charge in [-0.15, -0.1) is 0 Å². The average molecular weight is 390 g/mol. The van der Waals surface area contributed by atoms with Crippen LogP contribution < -0.4 is 5.73 Å². The summed E-state index contributed by atoms with van der Waals surface area (Å²) in [7, 11) is 0. The maximum absolute atomic E-state index is 12.7. The third-order valence-electron chi connectivity index (χ3n) is 5.81. The zero-order chi connectivity index (χ0) is 20.7. The van der Waals surface area contributed by atoms with Crippen LogP contribution in [0, 0.1) is 0 Å². The van der Waals surface area contributed by atoms with E-state index in [4.69, 9.17) is 5.73 Å². The zero-order valence-electron chi connectivity index (χ0n) is 18.3. The summed E-state index contributed by atoms with van der Waals surface area (Å²) >= 11 is 0. The van der Waals surface area contributed by atoms with E-state index in [2.05, 4.69) is 6.92 Å². The summed E-state index contributed by atoms with van der Waals surface area (Å²) in [6.45, 7) is 3.97. The van der Waals surface area contributed by atoms with Crippen LogP contribution in [-0.2, 0) is 10.4 Å². The minimum atomic E-state index is -1.57. The van der Waals surface area contributed by atoms with E-state index in [0.29, 0.717) is 12.0 Å². The molecule has 0 fully saturated rings. The molecule has 28 heavy (non-hydrogen) atoms. The first kappa shape index (κ1) is 24.8. The highest BCUT2D eigenvalue weighted by Crippen LogP contribution is 2.27. The van der Waals surface area contributed by atoms with Crippen LogP contribution in [-0.4, -0.2) is 16.9 Å². The van der Waals surface area contributed by atoms with Gasteiger partial charge >= 0.3 is 0 Å². The van der Waals surface area contributed by atoms with Crippen LogP contribution in [0.25, 0.3) is 0 Å². The summed E-state index contributed by atoms with van der Waals surface area (Å²) in [5.41, 5.74) is 5.01. The Morgan fingerprint density at radius 3 is 1.71 bits per heavy atom. The molecule has 0 aliphatic rings. The standard InChI is InChI=1S/C25H43NO2/c1-3-4-5-6-7-8-9-10-11-12-13-14-18-21-24(27)25(28,22(2)26)23-19-16-15-17-20-23/h15-17,19-20,22,28H,3-14,18,21,26H2,1-2H3. The highest BCUT2D eigenvalue weighted by atomic mass is 16.3. The van der Waals surface area contributed by atoms with Gasteiger partial charge in [0.05, 0.1) is 0 Å². The highest BCUT2D eigenvalue weighted by Gasteiger charge is 2.40. The third kappa shape index (κ3) is 8.87. The van der Waals surface area contributed by atoms with Crippen molar-refractivity contribution in [2.75, 3.05) is 0 Å². The van der Waals surface area contributed by atoms with Gasteiger partial charge < -0.3 is 10.8 Å². The number of aliphatic hydroxyl groups is 1. The molecule has 3 heteroatoms. The molecule has 2 atom stereocenters. The molecule has 0 amide bonds. The first-order valence-corrected chi connectivity index (χ1v) is 11.6. The second kappa shape index (κ2) is 14.8. The second-order valence-electron chi connectivity index (χ2n) is 8.34. The Kier molecular flexibility index (Phi) is 13.1. The van der Waals surface area contributed by atoms with Gasteiger partial charge in [0.1, 0.15) is 0 Å². The summed E-state index contributed by atoms with van der Waals surface area (Å²) in [5.74, 6) is -0.156. The molecular formula is C25H43NO2. The summed E-state index contributed by atoms with van der Waals surface area (Å²) in [4.78, 5) is 12.7. The average Bonchev–Trinajstić information content (AvgIpc) is 2.71. The predicted octanol–water partition coefficient (Wildman–Crippen LogP) is 6.27. The lowest BCUT2D eigenvalue weighted by atomic mass is 9.82.